The minimum Gasteiger partial charge on any atom is -0.661 e. The lowest BCUT2D eigenvalue weighted by atomic mass is 9.89. The van der Waals surface area contributed by atoms with Gasteiger partial charge in [-0.1, -0.05) is 61.2 Å². The molecule has 2 aromatic carbocycles. The Morgan fingerprint density at radius 1 is 0.957 bits per heavy atom. The number of nitrogens with zero attached hydrogens (tertiary/aromatic N) is 2. The lowest BCUT2D eigenvalue weighted by Gasteiger charge is -2.42. The van der Waals surface area contributed by atoms with Crippen LogP contribution >= 0.6 is 0 Å². The molecule has 0 aliphatic carbocycles. The SMILES string of the molecule is C=CC1=C(C)c2ccccc2C2=C(c3ccccc3)[N-]C=CN12. The second-order valence-corrected chi connectivity index (χ2v) is 5.62. The summed E-state index contributed by atoms with van der Waals surface area (Å²) in [5.41, 5.74) is 8.03. The summed E-state index contributed by atoms with van der Waals surface area (Å²) in [5.74, 6) is 0. The summed E-state index contributed by atoms with van der Waals surface area (Å²) in [4.78, 5) is 2.19. The van der Waals surface area contributed by atoms with Crippen molar-refractivity contribution in [1.29, 1.82) is 0 Å². The minimum atomic E-state index is 0.993. The molecule has 2 heteroatoms. The molecule has 0 N–H and O–H groups in total. The fourth-order valence-electron chi connectivity index (χ4n) is 3.28. The first kappa shape index (κ1) is 13.6. The van der Waals surface area contributed by atoms with Crippen molar-refractivity contribution in [3.8, 4) is 0 Å². The van der Waals surface area contributed by atoms with Gasteiger partial charge in [-0.25, -0.2) is 0 Å². The zero-order chi connectivity index (χ0) is 15.8. The fraction of sp³-hybridized carbons (Fsp3) is 0.0476. The summed E-state index contributed by atoms with van der Waals surface area (Å²) in [6.07, 6.45) is 5.79. The van der Waals surface area contributed by atoms with E-state index in [0.29, 0.717) is 0 Å². The highest BCUT2D eigenvalue weighted by Gasteiger charge is 2.25. The second-order valence-electron chi connectivity index (χ2n) is 5.62. The molecule has 2 aliphatic heterocycles. The van der Waals surface area contributed by atoms with Gasteiger partial charge in [0.2, 0.25) is 0 Å². The first-order chi connectivity index (χ1) is 11.3. The third-order valence-electron chi connectivity index (χ3n) is 4.36. The molecule has 23 heavy (non-hydrogen) atoms. The highest BCUT2D eigenvalue weighted by atomic mass is 15.2. The van der Waals surface area contributed by atoms with Crippen LogP contribution in [0.4, 0.5) is 0 Å². The van der Waals surface area contributed by atoms with Crippen LogP contribution in [-0.4, -0.2) is 4.90 Å². The van der Waals surface area contributed by atoms with Gasteiger partial charge in [0.05, 0.1) is 0 Å². The number of allylic oxidation sites excluding steroid dienone is 2. The highest BCUT2D eigenvalue weighted by Crippen LogP contribution is 2.45. The molecule has 0 fully saturated rings. The van der Waals surface area contributed by atoms with E-state index < -0.39 is 0 Å². The predicted octanol–water partition coefficient (Wildman–Crippen LogP) is 5.60. The molecule has 2 heterocycles. The molecule has 0 spiro atoms. The monoisotopic (exact) mass is 297 g/mol. The van der Waals surface area contributed by atoms with Gasteiger partial charge in [0, 0.05) is 17.0 Å². The van der Waals surface area contributed by atoms with E-state index in [0.717, 1.165) is 22.7 Å². The van der Waals surface area contributed by atoms with Gasteiger partial charge in [-0.3, -0.25) is 0 Å². The van der Waals surface area contributed by atoms with Gasteiger partial charge in [-0.15, -0.1) is 5.70 Å². The molecule has 0 saturated heterocycles. The Morgan fingerprint density at radius 2 is 1.65 bits per heavy atom. The largest absolute Gasteiger partial charge is 0.661 e. The van der Waals surface area contributed by atoms with E-state index >= 15 is 0 Å². The van der Waals surface area contributed by atoms with E-state index in [-0.39, 0.29) is 0 Å². The van der Waals surface area contributed by atoms with Crippen molar-refractivity contribution in [2.75, 3.05) is 0 Å². The molecule has 4 rings (SSSR count). The summed E-state index contributed by atoms with van der Waals surface area (Å²) >= 11 is 0. The van der Waals surface area contributed by atoms with Crippen molar-refractivity contribution in [3.63, 3.8) is 0 Å². The summed E-state index contributed by atoms with van der Waals surface area (Å²) in [5, 5.41) is 4.68. The Morgan fingerprint density at radius 3 is 2.39 bits per heavy atom. The van der Waals surface area contributed by atoms with Crippen molar-refractivity contribution in [3.05, 3.63) is 107 Å². The smallest absolute Gasteiger partial charge is 0.0483 e. The van der Waals surface area contributed by atoms with E-state index in [1.807, 2.05) is 36.7 Å². The topological polar surface area (TPSA) is 17.3 Å². The third-order valence-corrected chi connectivity index (χ3v) is 4.36. The molecule has 0 saturated carbocycles. The van der Waals surface area contributed by atoms with E-state index in [1.54, 1.807) is 0 Å². The number of benzene rings is 2. The third kappa shape index (κ3) is 2.03. The molecule has 2 aliphatic rings. The molecule has 2 nitrogen and oxygen atoms in total. The van der Waals surface area contributed by atoms with Crippen LogP contribution in [0.25, 0.3) is 22.3 Å². The molecular formula is C21H17N2-. The molecule has 0 aromatic heterocycles. The van der Waals surface area contributed by atoms with E-state index in [1.165, 1.54) is 16.7 Å². The van der Waals surface area contributed by atoms with Gasteiger partial charge in [-0.2, -0.15) is 6.20 Å². The van der Waals surface area contributed by atoms with Crippen LogP contribution in [-0.2, 0) is 0 Å². The highest BCUT2D eigenvalue weighted by molar-refractivity contribution is 6.02. The molecule has 0 amide bonds. The van der Waals surface area contributed by atoms with Crippen molar-refractivity contribution < 1.29 is 0 Å². The number of hydrogen-bond donors (Lipinski definition) is 0. The summed E-state index contributed by atoms with van der Waals surface area (Å²) < 4.78 is 0. The second kappa shape index (κ2) is 5.33. The van der Waals surface area contributed by atoms with Crippen LogP contribution in [0.5, 0.6) is 0 Å². The molecule has 0 atom stereocenters. The van der Waals surface area contributed by atoms with Crippen LogP contribution in [0.2, 0.25) is 0 Å². The predicted molar refractivity (Wildman–Crippen MR) is 96.8 cm³/mol. The van der Waals surface area contributed by atoms with Crippen LogP contribution < -0.4 is 0 Å². The summed E-state index contributed by atoms with van der Waals surface area (Å²) in [7, 11) is 0. The Balaban J connectivity index is 2.05. The summed E-state index contributed by atoms with van der Waals surface area (Å²) in [6.45, 7) is 6.16. The van der Waals surface area contributed by atoms with Crippen LogP contribution in [0.15, 0.2) is 85.3 Å². The van der Waals surface area contributed by atoms with Crippen LogP contribution in [0.3, 0.4) is 0 Å². The standard InChI is InChI=1S/C21H17N2/c1-3-19-15(2)17-11-7-8-12-18(17)21-20(22-13-14-23(19)21)16-9-5-4-6-10-16/h3-14H,1H2,2H3/q-1. The van der Waals surface area contributed by atoms with E-state index in [2.05, 4.69) is 60.1 Å². The first-order valence-corrected chi connectivity index (χ1v) is 7.71. The van der Waals surface area contributed by atoms with Crippen LogP contribution in [0, 0.1) is 0 Å². The van der Waals surface area contributed by atoms with Crippen LogP contribution in [0.1, 0.15) is 23.6 Å². The Kier molecular flexibility index (Phi) is 3.16. The average Bonchev–Trinajstić information content (AvgIpc) is 2.62. The lowest BCUT2D eigenvalue weighted by Crippen LogP contribution is -2.23. The zero-order valence-electron chi connectivity index (χ0n) is 13.0. The minimum absolute atomic E-state index is 0.993. The van der Waals surface area contributed by atoms with Gasteiger partial charge in [0.25, 0.3) is 0 Å². The molecule has 0 bridgehead atoms. The van der Waals surface area contributed by atoms with Crippen molar-refractivity contribution in [2.24, 2.45) is 0 Å². The number of rotatable bonds is 2. The van der Waals surface area contributed by atoms with Gasteiger partial charge in [-0.05, 0) is 35.9 Å². The molecule has 0 unspecified atom stereocenters. The zero-order valence-corrected chi connectivity index (χ0v) is 13.0. The number of hydrogen-bond acceptors (Lipinski definition) is 1. The summed E-state index contributed by atoms with van der Waals surface area (Å²) in [6, 6.07) is 18.8. The first-order valence-electron chi connectivity index (χ1n) is 7.71. The quantitative estimate of drug-likeness (QED) is 0.705. The Hall–Kier alpha value is -3.00. The fourth-order valence-corrected chi connectivity index (χ4v) is 3.28. The van der Waals surface area contributed by atoms with Crippen molar-refractivity contribution in [1.82, 2.24) is 4.90 Å². The van der Waals surface area contributed by atoms with Gasteiger partial charge >= 0.3 is 0 Å². The molecular weight excluding hydrogens is 280 g/mol. The lowest BCUT2D eigenvalue weighted by molar-refractivity contribution is 0.671. The maximum Gasteiger partial charge on any atom is 0.0483 e. The molecule has 112 valence electrons. The average molecular weight is 297 g/mol. The maximum atomic E-state index is 4.68. The molecule has 0 radical (unpaired) electrons. The van der Waals surface area contributed by atoms with Gasteiger partial charge < -0.3 is 10.2 Å². The van der Waals surface area contributed by atoms with E-state index in [9.17, 15) is 0 Å². The number of fused-ring (bicyclic) bond motifs is 3. The van der Waals surface area contributed by atoms with Gasteiger partial charge in [0.15, 0.2) is 0 Å². The Labute approximate surface area is 136 Å². The van der Waals surface area contributed by atoms with E-state index in [4.69, 9.17) is 0 Å². The molecule has 2 aromatic rings. The van der Waals surface area contributed by atoms with Crippen molar-refractivity contribution in [2.45, 2.75) is 6.92 Å². The normalized spacial score (nSPS) is 16.0. The Bertz CT molecular complexity index is 870. The van der Waals surface area contributed by atoms with Crippen molar-refractivity contribution >= 4 is 17.0 Å². The maximum absolute atomic E-state index is 4.68. The van der Waals surface area contributed by atoms with Gasteiger partial charge in [0.1, 0.15) is 0 Å².